The summed E-state index contributed by atoms with van der Waals surface area (Å²) in [5.74, 6) is 0. The molecule has 0 fully saturated rings. The van der Waals surface area contributed by atoms with E-state index in [2.05, 4.69) is 35.7 Å². The summed E-state index contributed by atoms with van der Waals surface area (Å²) < 4.78 is 0. The minimum absolute atomic E-state index is 0. The van der Waals surface area contributed by atoms with Crippen LogP contribution in [0, 0.1) is 0 Å². The van der Waals surface area contributed by atoms with Crippen LogP contribution in [0.3, 0.4) is 0 Å². The van der Waals surface area contributed by atoms with Crippen LogP contribution in [-0.4, -0.2) is 23.0 Å². The molecule has 1 rings (SSSR count). The number of hydrogen-bond acceptors (Lipinski definition) is 2. The number of hydrogen-bond donors (Lipinski definition) is 0. The molecule has 2 nitrogen and oxygen atoms in total. The molecule has 1 aliphatic heterocycles. The quantitative estimate of drug-likeness (QED) is 0.284. The molecule has 0 aromatic carbocycles. The number of unbranched alkanes of at least 4 members (excludes halogenated alkanes) is 9. The third-order valence-corrected chi connectivity index (χ3v) is 3.85. The second-order valence-corrected chi connectivity index (χ2v) is 5.63. The van der Waals surface area contributed by atoms with Gasteiger partial charge in [0.1, 0.15) is 0 Å². The maximum absolute atomic E-state index is 3.78. The molecule has 0 aliphatic carbocycles. The summed E-state index contributed by atoms with van der Waals surface area (Å²) in [5, 5.41) is 0. The Labute approximate surface area is 167 Å². The van der Waals surface area contributed by atoms with Crippen molar-refractivity contribution >= 4 is 0 Å². The van der Waals surface area contributed by atoms with Crippen molar-refractivity contribution in [2.45, 2.75) is 71.1 Å². The number of nitrogens with zero attached hydrogens (tertiary/aromatic N) is 2. The molecule has 0 radical (unpaired) electrons. The topological polar surface area (TPSA) is 6.48 Å². The van der Waals surface area contributed by atoms with Crippen LogP contribution in [0.1, 0.15) is 71.1 Å². The Balaban J connectivity index is -0.00000120. The van der Waals surface area contributed by atoms with Crippen molar-refractivity contribution in [1.29, 1.82) is 0 Å². The molecule has 5 heteroatoms. The molecular formula is C17H32BrClN2Zn. The van der Waals surface area contributed by atoms with Gasteiger partial charge in [-0.15, -0.1) is 0 Å². The predicted octanol–water partition coefficient (Wildman–Crippen LogP) is -0.897. The SMILES string of the molecule is C=CN1C=CN(CCCCCCCCCCCC)C1.[Br-].[Cl-].[Zn+2]. The summed E-state index contributed by atoms with van der Waals surface area (Å²) in [6, 6.07) is 0. The van der Waals surface area contributed by atoms with Crippen LogP contribution in [0.5, 0.6) is 0 Å². The molecule has 0 aromatic rings. The van der Waals surface area contributed by atoms with Crippen LogP contribution in [0.15, 0.2) is 25.2 Å². The third-order valence-electron chi connectivity index (χ3n) is 3.85. The molecule has 0 saturated carbocycles. The standard InChI is InChI=1S/C17H32N2.BrH.ClH.Zn/c1-3-5-6-7-8-9-10-11-12-13-14-19-16-15-18(4-2)17-19;;;/h4,15-16H,2-3,5-14,17H2,1H3;2*1H;/q;;;+2/p-2. The normalized spacial score (nSPS) is 12.4. The molecule has 0 saturated heterocycles. The fourth-order valence-electron chi connectivity index (χ4n) is 2.55. The first-order valence-electron chi connectivity index (χ1n) is 8.17. The van der Waals surface area contributed by atoms with Gasteiger partial charge in [0.05, 0.1) is 6.67 Å². The fraction of sp³-hybridized carbons (Fsp3) is 0.765. The predicted molar refractivity (Wildman–Crippen MR) is 84.6 cm³/mol. The molecule has 1 aliphatic rings. The Bertz CT molecular complexity index is 265. The van der Waals surface area contributed by atoms with Gasteiger partial charge >= 0.3 is 19.5 Å². The minimum Gasteiger partial charge on any atom is -1.00 e. The van der Waals surface area contributed by atoms with E-state index in [1.165, 1.54) is 70.8 Å². The fourth-order valence-corrected chi connectivity index (χ4v) is 2.55. The van der Waals surface area contributed by atoms with E-state index in [0.717, 1.165) is 6.67 Å². The van der Waals surface area contributed by atoms with Gasteiger partial charge < -0.3 is 39.2 Å². The van der Waals surface area contributed by atoms with E-state index in [0.29, 0.717) is 0 Å². The van der Waals surface area contributed by atoms with Gasteiger partial charge in [-0.3, -0.25) is 0 Å². The Hall–Kier alpha value is 0.473. The van der Waals surface area contributed by atoms with Crippen molar-refractivity contribution in [2.75, 3.05) is 13.2 Å². The molecule has 0 unspecified atom stereocenters. The van der Waals surface area contributed by atoms with Gasteiger partial charge in [-0.1, -0.05) is 71.3 Å². The Kier molecular flexibility index (Phi) is 24.2. The smallest absolute Gasteiger partial charge is 1.00 e. The minimum atomic E-state index is 0. The van der Waals surface area contributed by atoms with E-state index >= 15 is 0 Å². The molecule has 126 valence electrons. The molecule has 0 N–H and O–H groups in total. The van der Waals surface area contributed by atoms with E-state index in [4.69, 9.17) is 0 Å². The number of rotatable bonds is 12. The van der Waals surface area contributed by atoms with Crippen molar-refractivity contribution in [2.24, 2.45) is 0 Å². The van der Waals surface area contributed by atoms with E-state index in [9.17, 15) is 0 Å². The van der Waals surface area contributed by atoms with E-state index in [1.54, 1.807) is 0 Å². The van der Waals surface area contributed by atoms with Gasteiger partial charge in [-0.2, -0.15) is 0 Å². The van der Waals surface area contributed by atoms with Crippen LogP contribution in [0.25, 0.3) is 0 Å². The molecular weight excluding hydrogens is 413 g/mol. The number of halogens is 2. The zero-order valence-corrected chi connectivity index (χ0v) is 19.6. The van der Waals surface area contributed by atoms with Crippen LogP contribution in [-0.2, 0) is 19.5 Å². The van der Waals surface area contributed by atoms with Crippen molar-refractivity contribution in [3.05, 3.63) is 25.2 Å². The molecule has 0 amide bonds. The van der Waals surface area contributed by atoms with Crippen molar-refractivity contribution in [3.63, 3.8) is 0 Å². The second-order valence-electron chi connectivity index (χ2n) is 5.63. The van der Waals surface area contributed by atoms with Gasteiger partial charge in [-0.05, 0) is 12.6 Å². The molecule has 0 aromatic heterocycles. The first-order valence-corrected chi connectivity index (χ1v) is 8.17. The first kappa shape index (κ1) is 27.3. The van der Waals surface area contributed by atoms with Gasteiger partial charge in [-0.25, -0.2) is 0 Å². The van der Waals surface area contributed by atoms with Crippen molar-refractivity contribution in [3.8, 4) is 0 Å². The summed E-state index contributed by atoms with van der Waals surface area (Å²) in [6.07, 6.45) is 20.3. The zero-order valence-electron chi connectivity index (χ0n) is 14.3. The van der Waals surface area contributed by atoms with E-state index < -0.39 is 0 Å². The van der Waals surface area contributed by atoms with Crippen LogP contribution < -0.4 is 29.4 Å². The van der Waals surface area contributed by atoms with E-state index in [-0.39, 0.29) is 48.9 Å². The summed E-state index contributed by atoms with van der Waals surface area (Å²) in [6.45, 7) is 8.24. The average Bonchev–Trinajstić information content (AvgIpc) is 2.89. The van der Waals surface area contributed by atoms with Gasteiger partial charge in [0, 0.05) is 18.9 Å². The van der Waals surface area contributed by atoms with Gasteiger partial charge in [0.15, 0.2) is 0 Å². The molecule has 1 heterocycles. The average molecular weight is 445 g/mol. The zero-order chi connectivity index (χ0) is 13.8. The summed E-state index contributed by atoms with van der Waals surface area (Å²) in [7, 11) is 0. The van der Waals surface area contributed by atoms with Crippen LogP contribution >= 0.6 is 0 Å². The third kappa shape index (κ3) is 14.1. The Morgan fingerprint density at radius 3 is 1.86 bits per heavy atom. The summed E-state index contributed by atoms with van der Waals surface area (Å²) >= 11 is 0. The maximum atomic E-state index is 3.78. The van der Waals surface area contributed by atoms with Crippen LogP contribution in [0.4, 0.5) is 0 Å². The van der Waals surface area contributed by atoms with Gasteiger partial charge in [0.25, 0.3) is 0 Å². The van der Waals surface area contributed by atoms with Crippen LogP contribution in [0.2, 0.25) is 0 Å². The second kappa shape index (κ2) is 19.5. The maximum Gasteiger partial charge on any atom is 2.00 e. The molecule has 0 atom stereocenters. The Morgan fingerprint density at radius 2 is 1.41 bits per heavy atom. The van der Waals surface area contributed by atoms with Gasteiger partial charge in [0.2, 0.25) is 0 Å². The largest absolute Gasteiger partial charge is 2.00 e. The van der Waals surface area contributed by atoms with E-state index in [1.807, 2.05) is 6.20 Å². The van der Waals surface area contributed by atoms with Crippen molar-refractivity contribution < 1.29 is 48.9 Å². The van der Waals surface area contributed by atoms with Crippen molar-refractivity contribution in [1.82, 2.24) is 9.80 Å². The summed E-state index contributed by atoms with van der Waals surface area (Å²) in [5.41, 5.74) is 0. The molecule has 0 bridgehead atoms. The monoisotopic (exact) mass is 442 g/mol. The molecule has 22 heavy (non-hydrogen) atoms. The Morgan fingerprint density at radius 1 is 0.909 bits per heavy atom. The summed E-state index contributed by atoms with van der Waals surface area (Å²) in [4.78, 5) is 4.49. The first-order chi connectivity index (χ1) is 9.36. The molecule has 0 spiro atoms.